The SMILES string of the molecule is CCN(C)SNc1cccc(-c2nn(-c3ccc(N4CCNCC4)cc3)cc2-c2ccncc2)c1F. The van der Waals surface area contributed by atoms with E-state index in [1.165, 1.54) is 17.8 Å². The summed E-state index contributed by atoms with van der Waals surface area (Å²) in [5, 5.41) is 8.26. The molecule has 2 N–H and O–H groups in total. The first kappa shape index (κ1) is 24.3. The molecule has 5 rings (SSSR count). The van der Waals surface area contributed by atoms with Gasteiger partial charge >= 0.3 is 0 Å². The molecule has 0 spiro atoms. The Kier molecular flexibility index (Phi) is 7.50. The molecule has 2 aromatic carbocycles. The van der Waals surface area contributed by atoms with Crippen LogP contribution in [0, 0.1) is 5.82 Å². The summed E-state index contributed by atoms with van der Waals surface area (Å²) in [7, 11) is 1.95. The lowest BCUT2D eigenvalue weighted by Gasteiger charge is -2.29. The van der Waals surface area contributed by atoms with Gasteiger partial charge in [-0.15, -0.1) is 0 Å². The van der Waals surface area contributed by atoms with Gasteiger partial charge in [0.15, 0.2) is 5.82 Å². The van der Waals surface area contributed by atoms with Gasteiger partial charge < -0.3 is 14.9 Å². The van der Waals surface area contributed by atoms with Gasteiger partial charge in [0, 0.05) is 80.3 Å². The van der Waals surface area contributed by atoms with Crippen molar-refractivity contribution in [2.75, 3.05) is 49.4 Å². The van der Waals surface area contributed by atoms with Crippen LogP contribution in [0.15, 0.2) is 73.2 Å². The molecule has 0 bridgehead atoms. The lowest BCUT2D eigenvalue weighted by Crippen LogP contribution is -2.43. The number of rotatable bonds is 8. The third kappa shape index (κ3) is 5.23. The summed E-state index contributed by atoms with van der Waals surface area (Å²) >= 11 is 1.36. The molecule has 1 aliphatic heterocycles. The van der Waals surface area contributed by atoms with E-state index in [1.54, 1.807) is 24.5 Å². The second kappa shape index (κ2) is 11.1. The van der Waals surface area contributed by atoms with Crippen molar-refractivity contribution in [3.63, 3.8) is 0 Å². The van der Waals surface area contributed by atoms with Crippen molar-refractivity contribution in [3.8, 4) is 28.1 Å². The maximum atomic E-state index is 15.7. The zero-order chi connectivity index (χ0) is 24.9. The van der Waals surface area contributed by atoms with Crippen molar-refractivity contribution in [2.24, 2.45) is 0 Å². The van der Waals surface area contributed by atoms with E-state index in [2.05, 4.69) is 44.2 Å². The van der Waals surface area contributed by atoms with E-state index in [0.29, 0.717) is 16.9 Å². The molecule has 0 radical (unpaired) electrons. The van der Waals surface area contributed by atoms with Gasteiger partial charge in [0.1, 0.15) is 5.69 Å². The van der Waals surface area contributed by atoms with E-state index in [-0.39, 0.29) is 5.82 Å². The molecule has 0 aliphatic carbocycles. The number of hydrogen-bond acceptors (Lipinski definition) is 7. The summed E-state index contributed by atoms with van der Waals surface area (Å²) in [6.45, 7) is 6.85. The Labute approximate surface area is 215 Å². The number of aromatic nitrogens is 3. The van der Waals surface area contributed by atoms with Crippen LogP contribution in [-0.4, -0.2) is 58.8 Å². The van der Waals surface area contributed by atoms with Crippen molar-refractivity contribution < 1.29 is 4.39 Å². The maximum absolute atomic E-state index is 15.7. The molecule has 2 aromatic heterocycles. The molecule has 3 heterocycles. The molecule has 9 heteroatoms. The smallest absolute Gasteiger partial charge is 0.156 e. The second-order valence-electron chi connectivity index (χ2n) is 8.63. The Hall–Kier alpha value is -3.40. The minimum absolute atomic E-state index is 0.330. The molecule has 0 saturated carbocycles. The highest BCUT2D eigenvalue weighted by molar-refractivity contribution is 7.98. The molecular formula is C27H30FN7S. The van der Waals surface area contributed by atoms with Gasteiger partial charge in [0.2, 0.25) is 0 Å². The number of hydrogen-bond donors (Lipinski definition) is 2. The summed E-state index contributed by atoms with van der Waals surface area (Å²) < 4.78 is 22.7. The van der Waals surface area contributed by atoms with Crippen molar-refractivity contribution in [1.29, 1.82) is 0 Å². The highest BCUT2D eigenvalue weighted by atomic mass is 32.2. The second-order valence-corrected chi connectivity index (χ2v) is 9.64. The van der Waals surface area contributed by atoms with Crippen molar-refractivity contribution >= 4 is 23.5 Å². The van der Waals surface area contributed by atoms with Crippen LogP contribution in [0.1, 0.15) is 6.92 Å². The number of anilines is 2. The van der Waals surface area contributed by atoms with E-state index < -0.39 is 0 Å². The first-order valence-corrected chi connectivity index (χ1v) is 12.9. The van der Waals surface area contributed by atoms with Gasteiger partial charge in [-0.05, 0) is 61.1 Å². The maximum Gasteiger partial charge on any atom is 0.156 e. The summed E-state index contributed by atoms with van der Waals surface area (Å²) in [6, 6.07) is 17.6. The Morgan fingerprint density at radius 3 is 2.44 bits per heavy atom. The average Bonchev–Trinajstić information content (AvgIpc) is 3.38. The van der Waals surface area contributed by atoms with E-state index in [4.69, 9.17) is 5.10 Å². The fourth-order valence-corrected chi connectivity index (χ4v) is 4.71. The Morgan fingerprint density at radius 2 is 1.72 bits per heavy atom. The van der Waals surface area contributed by atoms with Crippen LogP contribution in [0.4, 0.5) is 15.8 Å². The molecule has 1 fully saturated rings. The lowest BCUT2D eigenvalue weighted by atomic mass is 10.0. The number of halogens is 1. The van der Waals surface area contributed by atoms with Crippen LogP contribution < -0.4 is 14.9 Å². The summed E-state index contributed by atoms with van der Waals surface area (Å²) in [4.78, 5) is 6.52. The molecular weight excluding hydrogens is 473 g/mol. The Bertz CT molecular complexity index is 1290. The lowest BCUT2D eigenvalue weighted by molar-refractivity contribution is 0.589. The van der Waals surface area contributed by atoms with Crippen molar-refractivity contribution in [3.05, 3.63) is 79.0 Å². The number of nitrogens with one attached hydrogen (secondary N) is 2. The number of benzene rings is 2. The zero-order valence-corrected chi connectivity index (χ0v) is 21.3. The van der Waals surface area contributed by atoms with Gasteiger partial charge in [-0.2, -0.15) is 5.10 Å². The van der Waals surface area contributed by atoms with Gasteiger partial charge in [0.05, 0.1) is 11.4 Å². The zero-order valence-electron chi connectivity index (χ0n) is 20.5. The Morgan fingerprint density at radius 1 is 1.00 bits per heavy atom. The van der Waals surface area contributed by atoms with Crippen LogP contribution in [-0.2, 0) is 0 Å². The van der Waals surface area contributed by atoms with Crippen molar-refractivity contribution in [1.82, 2.24) is 24.4 Å². The summed E-state index contributed by atoms with van der Waals surface area (Å²) in [5.41, 5.74) is 5.35. The standard InChI is InChI=1S/C27H30FN7S/c1-3-33(2)36-32-25-6-4-5-23(26(25)28)27-24(20-11-13-29-14-12-20)19-35(31-27)22-9-7-21(8-10-22)34-17-15-30-16-18-34/h4-14,19,30,32H,3,15-18H2,1-2H3. The van der Waals surface area contributed by atoms with Gasteiger partial charge in [-0.3, -0.25) is 4.98 Å². The minimum atomic E-state index is -0.330. The number of piperazine rings is 1. The molecule has 186 valence electrons. The van der Waals surface area contributed by atoms with Gasteiger partial charge in [-0.1, -0.05) is 13.0 Å². The third-order valence-corrected chi connectivity index (χ3v) is 7.19. The molecule has 1 aliphatic rings. The van der Waals surface area contributed by atoms with Crippen LogP contribution >= 0.6 is 12.1 Å². The molecule has 36 heavy (non-hydrogen) atoms. The van der Waals surface area contributed by atoms with Gasteiger partial charge in [0.25, 0.3) is 0 Å². The predicted octanol–water partition coefficient (Wildman–Crippen LogP) is 5.08. The quantitative estimate of drug-likeness (QED) is 0.325. The fourth-order valence-electron chi connectivity index (χ4n) is 4.17. The van der Waals surface area contributed by atoms with Gasteiger partial charge in [-0.25, -0.2) is 13.4 Å². The molecule has 0 unspecified atom stereocenters. The van der Waals surface area contributed by atoms with E-state index in [0.717, 1.165) is 49.5 Å². The Balaban J connectivity index is 1.52. The predicted molar refractivity (Wildman–Crippen MR) is 147 cm³/mol. The molecule has 0 atom stereocenters. The number of nitrogens with zero attached hydrogens (tertiary/aromatic N) is 5. The molecule has 0 amide bonds. The van der Waals surface area contributed by atoms with Crippen LogP contribution in [0.3, 0.4) is 0 Å². The summed E-state index contributed by atoms with van der Waals surface area (Å²) in [6.07, 6.45) is 5.44. The molecule has 7 nitrogen and oxygen atoms in total. The van der Waals surface area contributed by atoms with Crippen molar-refractivity contribution in [2.45, 2.75) is 6.92 Å². The topological polar surface area (TPSA) is 61.3 Å². The monoisotopic (exact) mass is 503 g/mol. The molecule has 4 aromatic rings. The minimum Gasteiger partial charge on any atom is -0.369 e. The fraction of sp³-hybridized carbons (Fsp3) is 0.259. The van der Waals surface area contributed by atoms with E-state index in [1.807, 2.05) is 47.4 Å². The summed E-state index contributed by atoms with van der Waals surface area (Å²) in [5.74, 6) is -0.330. The largest absolute Gasteiger partial charge is 0.369 e. The highest BCUT2D eigenvalue weighted by Gasteiger charge is 2.20. The first-order valence-electron chi connectivity index (χ1n) is 12.1. The van der Waals surface area contributed by atoms with E-state index in [9.17, 15) is 0 Å². The number of pyridine rings is 1. The van der Waals surface area contributed by atoms with Crippen LogP contribution in [0.2, 0.25) is 0 Å². The highest BCUT2D eigenvalue weighted by Crippen LogP contribution is 2.36. The van der Waals surface area contributed by atoms with Crippen LogP contribution in [0.5, 0.6) is 0 Å². The third-order valence-electron chi connectivity index (χ3n) is 6.31. The normalized spacial score (nSPS) is 13.8. The first-order chi connectivity index (χ1) is 17.6. The van der Waals surface area contributed by atoms with Crippen LogP contribution in [0.25, 0.3) is 28.1 Å². The molecule has 1 saturated heterocycles. The average molecular weight is 504 g/mol. The van der Waals surface area contributed by atoms with E-state index >= 15 is 4.39 Å².